The molecule has 1 fully saturated rings. The van der Waals surface area contributed by atoms with Crippen LogP contribution in [-0.4, -0.2) is 37.0 Å². The lowest BCUT2D eigenvalue weighted by atomic mass is 9.99. The van der Waals surface area contributed by atoms with Crippen molar-refractivity contribution in [3.05, 3.63) is 54.1 Å². The summed E-state index contributed by atoms with van der Waals surface area (Å²) in [4.78, 5) is 14.7. The average molecular weight is 362 g/mol. The predicted octanol–water partition coefficient (Wildman–Crippen LogP) is 3.47. The van der Waals surface area contributed by atoms with Crippen LogP contribution in [0.15, 0.2) is 48.5 Å². The number of ether oxygens (including phenoxy) is 1. The molecule has 140 valence electrons. The van der Waals surface area contributed by atoms with E-state index in [0.717, 1.165) is 49.2 Å². The molecule has 1 aliphatic rings. The van der Waals surface area contributed by atoms with Crippen LogP contribution < -0.4 is 10.1 Å². The fourth-order valence-electron chi connectivity index (χ4n) is 3.64. The summed E-state index contributed by atoms with van der Waals surface area (Å²) in [7, 11) is 1.69. The van der Waals surface area contributed by atoms with E-state index in [1.54, 1.807) is 7.11 Å². The van der Waals surface area contributed by atoms with Gasteiger partial charge in [-0.05, 0) is 36.6 Å². The Labute approximate surface area is 161 Å². The third kappa shape index (κ3) is 4.69. The second-order valence-electron chi connectivity index (χ2n) is 6.80. The largest absolute Gasteiger partial charge is 0.496 e. The third-order valence-corrected chi connectivity index (χ3v) is 5.04. The highest BCUT2D eigenvalue weighted by Crippen LogP contribution is 2.30. The van der Waals surface area contributed by atoms with Crippen LogP contribution in [-0.2, 0) is 11.3 Å². The van der Waals surface area contributed by atoms with E-state index in [9.17, 15) is 4.79 Å². The minimum absolute atomic E-state index is 0.0401. The maximum Gasteiger partial charge on any atom is 0.238 e. The molecule has 3 rings (SSSR count). The number of hydrogen-bond acceptors (Lipinski definition) is 3. The fraction of sp³-hybridized carbons (Fsp3) is 0.348. The average Bonchev–Trinajstić information content (AvgIpc) is 2.73. The number of nitrogens with zero attached hydrogens (tertiary/aromatic N) is 1. The Morgan fingerprint density at radius 3 is 2.74 bits per heavy atom. The Kier molecular flexibility index (Phi) is 6.51. The Morgan fingerprint density at radius 1 is 1.22 bits per heavy atom. The first-order valence-electron chi connectivity index (χ1n) is 9.40. The number of hydrogen-bond donors (Lipinski definition) is 1. The molecular weight excluding hydrogens is 336 g/mol. The molecule has 0 aliphatic carbocycles. The van der Waals surface area contributed by atoms with Gasteiger partial charge in [-0.2, -0.15) is 0 Å². The van der Waals surface area contributed by atoms with E-state index in [1.165, 1.54) is 5.56 Å². The number of piperidine rings is 1. The van der Waals surface area contributed by atoms with Crippen molar-refractivity contribution in [1.29, 1.82) is 0 Å². The molecule has 1 atom stereocenters. The lowest BCUT2D eigenvalue weighted by Gasteiger charge is -2.34. The van der Waals surface area contributed by atoms with Crippen molar-refractivity contribution in [2.45, 2.75) is 31.8 Å². The van der Waals surface area contributed by atoms with Crippen LogP contribution in [0.4, 0.5) is 0 Å². The van der Waals surface area contributed by atoms with Crippen LogP contribution in [0, 0.1) is 12.3 Å². The van der Waals surface area contributed by atoms with Gasteiger partial charge in [0.05, 0.1) is 19.7 Å². The summed E-state index contributed by atoms with van der Waals surface area (Å²) in [5.74, 6) is 3.38. The highest BCUT2D eigenvalue weighted by Gasteiger charge is 2.28. The molecule has 0 spiro atoms. The summed E-state index contributed by atoms with van der Waals surface area (Å²) in [6, 6.07) is 16.4. The van der Waals surface area contributed by atoms with Gasteiger partial charge in [-0.15, -0.1) is 6.42 Å². The van der Waals surface area contributed by atoms with Gasteiger partial charge in [0.15, 0.2) is 0 Å². The van der Waals surface area contributed by atoms with E-state index in [-0.39, 0.29) is 18.5 Å². The highest BCUT2D eigenvalue weighted by molar-refractivity contribution is 5.82. The Balaban J connectivity index is 1.71. The molecule has 1 aliphatic heterocycles. The van der Waals surface area contributed by atoms with Crippen LogP contribution in [0.2, 0.25) is 0 Å². The van der Waals surface area contributed by atoms with Gasteiger partial charge in [-0.3, -0.25) is 9.69 Å². The number of carbonyl (C=O) groups is 1. The molecule has 4 heteroatoms. The van der Waals surface area contributed by atoms with Gasteiger partial charge < -0.3 is 10.1 Å². The summed E-state index contributed by atoms with van der Waals surface area (Å²) in [6.45, 7) is 1.99. The molecule has 1 N–H and O–H groups in total. The predicted molar refractivity (Wildman–Crippen MR) is 108 cm³/mol. The van der Waals surface area contributed by atoms with E-state index < -0.39 is 0 Å². The minimum Gasteiger partial charge on any atom is -0.496 e. The number of methoxy groups -OCH3 is 1. The first kappa shape index (κ1) is 19.0. The standard InChI is InChI=1S/C23H26N2O2/c1-3-15-24-23(26)21-9-6-7-16-25(21)17-18-11-13-19(14-12-18)20-8-4-5-10-22(20)27-2/h1,4-5,8,10-14,21H,6-7,9,15-17H2,2H3,(H,24,26). The lowest BCUT2D eigenvalue weighted by molar-refractivity contribution is -0.127. The maximum absolute atomic E-state index is 12.4. The topological polar surface area (TPSA) is 41.6 Å². The van der Waals surface area contributed by atoms with Crippen molar-refractivity contribution in [2.75, 3.05) is 20.2 Å². The Bertz CT molecular complexity index is 808. The van der Waals surface area contributed by atoms with Crippen molar-refractivity contribution in [3.63, 3.8) is 0 Å². The SMILES string of the molecule is C#CCNC(=O)C1CCCCN1Cc1ccc(-c2ccccc2OC)cc1. The number of benzene rings is 2. The number of nitrogens with one attached hydrogen (secondary N) is 1. The molecule has 1 unspecified atom stereocenters. The minimum atomic E-state index is -0.0963. The molecule has 2 aromatic rings. The smallest absolute Gasteiger partial charge is 0.238 e. The third-order valence-electron chi connectivity index (χ3n) is 5.04. The molecule has 0 saturated carbocycles. The van der Waals surface area contributed by atoms with Gasteiger partial charge in [0.25, 0.3) is 0 Å². The van der Waals surface area contributed by atoms with E-state index >= 15 is 0 Å². The number of likely N-dealkylation sites (tertiary alicyclic amines) is 1. The molecule has 4 nitrogen and oxygen atoms in total. The summed E-state index contributed by atoms with van der Waals surface area (Å²) in [6.07, 6.45) is 8.35. The van der Waals surface area contributed by atoms with Gasteiger partial charge in [-0.25, -0.2) is 0 Å². The normalized spacial score (nSPS) is 17.1. The molecule has 27 heavy (non-hydrogen) atoms. The van der Waals surface area contributed by atoms with E-state index in [1.807, 2.05) is 18.2 Å². The Morgan fingerprint density at radius 2 is 2.00 bits per heavy atom. The highest BCUT2D eigenvalue weighted by atomic mass is 16.5. The molecule has 0 radical (unpaired) electrons. The molecule has 1 amide bonds. The van der Waals surface area contributed by atoms with E-state index in [2.05, 4.69) is 46.5 Å². The van der Waals surface area contributed by atoms with Gasteiger partial charge in [0, 0.05) is 12.1 Å². The van der Waals surface area contributed by atoms with Crippen molar-refractivity contribution in [3.8, 4) is 29.2 Å². The van der Waals surface area contributed by atoms with Crippen LogP contribution >= 0.6 is 0 Å². The molecule has 1 heterocycles. The quantitative estimate of drug-likeness (QED) is 0.800. The zero-order valence-electron chi connectivity index (χ0n) is 15.8. The number of para-hydroxylation sites is 1. The van der Waals surface area contributed by atoms with Crippen molar-refractivity contribution < 1.29 is 9.53 Å². The molecule has 0 bridgehead atoms. The van der Waals surface area contributed by atoms with Gasteiger partial charge in [0.1, 0.15) is 5.75 Å². The van der Waals surface area contributed by atoms with Gasteiger partial charge in [-0.1, -0.05) is 54.8 Å². The monoisotopic (exact) mass is 362 g/mol. The summed E-state index contributed by atoms with van der Waals surface area (Å²) in [5, 5.41) is 2.83. The fourth-order valence-corrected chi connectivity index (χ4v) is 3.64. The van der Waals surface area contributed by atoms with Crippen molar-refractivity contribution in [2.24, 2.45) is 0 Å². The van der Waals surface area contributed by atoms with Crippen LogP contribution in [0.25, 0.3) is 11.1 Å². The maximum atomic E-state index is 12.4. The van der Waals surface area contributed by atoms with E-state index in [4.69, 9.17) is 11.2 Å². The number of carbonyl (C=O) groups excluding carboxylic acids is 1. The van der Waals surface area contributed by atoms with Crippen molar-refractivity contribution in [1.82, 2.24) is 10.2 Å². The number of amides is 1. The second-order valence-corrected chi connectivity index (χ2v) is 6.80. The zero-order valence-corrected chi connectivity index (χ0v) is 15.8. The van der Waals surface area contributed by atoms with Crippen molar-refractivity contribution >= 4 is 5.91 Å². The van der Waals surface area contributed by atoms with Gasteiger partial charge >= 0.3 is 0 Å². The molecular formula is C23H26N2O2. The zero-order chi connectivity index (χ0) is 19.1. The second kappa shape index (κ2) is 9.25. The van der Waals surface area contributed by atoms with Crippen LogP contribution in [0.5, 0.6) is 5.75 Å². The summed E-state index contributed by atoms with van der Waals surface area (Å²) in [5.41, 5.74) is 3.40. The van der Waals surface area contributed by atoms with Crippen LogP contribution in [0.3, 0.4) is 0 Å². The van der Waals surface area contributed by atoms with Crippen LogP contribution in [0.1, 0.15) is 24.8 Å². The van der Waals surface area contributed by atoms with Gasteiger partial charge in [0.2, 0.25) is 5.91 Å². The molecule has 1 saturated heterocycles. The first-order chi connectivity index (χ1) is 13.2. The molecule has 0 aromatic heterocycles. The Hall–Kier alpha value is -2.77. The molecule has 2 aromatic carbocycles. The van der Waals surface area contributed by atoms with E-state index in [0.29, 0.717) is 0 Å². The first-order valence-corrected chi connectivity index (χ1v) is 9.40. The lowest BCUT2D eigenvalue weighted by Crippen LogP contribution is -2.49. The number of rotatable bonds is 6. The summed E-state index contributed by atoms with van der Waals surface area (Å²) < 4.78 is 5.46. The number of terminal acetylenes is 1. The summed E-state index contributed by atoms with van der Waals surface area (Å²) >= 11 is 0.